The number of benzene rings is 1. The molecule has 0 spiro atoms. The van der Waals surface area contributed by atoms with Gasteiger partial charge in [-0.25, -0.2) is 4.98 Å². The highest BCUT2D eigenvalue weighted by Crippen LogP contribution is 2.26. The zero-order valence-electron chi connectivity index (χ0n) is 13.4. The standard InChI is InChI=1S/C18H23N3O2/c1-23-16-10-6-5-9-14(16)18(22)20-12-17-19-11-15(21-17)13-7-3-2-4-8-13/h2-4,7-8,11,14,16H,5-6,9-10,12H2,1H3,(H,19,21)(H,20,22). The van der Waals surface area contributed by atoms with Crippen LogP contribution in [0.4, 0.5) is 0 Å². The number of aromatic amines is 1. The summed E-state index contributed by atoms with van der Waals surface area (Å²) in [6, 6.07) is 10.0. The number of imidazole rings is 1. The van der Waals surface area contributed by atoms with Crippen molar-refractivity contribution < 1.29 is 9.53 Å². The van der Waals surface area contributed by atoms with E-state index in [1.54, 1.807) is 13.3 Å². The number of amides is 1. The summed E-state index contributed by atoms with van der Waals surface area (Å²) in [4.78, 5) is 20.0. The number of methoxy groups -OCH3 is 1. The molecule has 2 aromatic rings. The van der Waals surface area contributed by atoms with Crippen molar-refractivity contribution in [2.45, 2.75) is 38.3 Å². The lowest BCUT2D eigenvalue weighted by Crippen LogP contribution is -2.40. The number of carbonyl (C=O) groups excluding carboxylic acids is 1. The van der Waals surface area contributed by atoms with Crippen molar-refractivity contribution in [2.24, 2.45) is 5.92 Å². The summed E-state index contributed by atoms with van der Waals surface area (Å²) in [6.07, 6.45) is 5.94. The van der Waals surface area contributed by atoms with Crippen LogP contribution in [0.5, 0.6) is 0 Å². The molecule has 1 aromatic carbocycles. The molecule has 1 amide bonds. The molecule has 5 heteroatoms. The Bertz CT molecular complexity index is 639. The van der Waals surface area contributed by atoms with Crippen LogP contribution in [0.2, 0.25) is 0 Å². The molecule has 3 rings (SSSR count). The van der Waals surface area contributed by atoms with E-state index in [-0.39, 0.29) is 17.9 Å². The van der Waals surface area contributed by atoms with Crippen LogP contribution in [0.15, 0.2) is 36.5 Å². The molecule has 2 unspecified atom stereocenters. The van der Waals surface area contributed by atoms with Crippen molar-refractivity contribution in [1.82, 2.24) is 15.3 Å². The molecule has 0 saturated heterocycles. The zero-order valence-corrected chi connectivity index (χ0v) is 13.4. The van der Waals surface area contributed by atoms with E-state index >= 15 is 0 Å². The van der Waals surface area contributed by atoms with Gasteiger partial charge in [-0.2, -0.15) is 0 Å². The Hall–Kier alpha value is -2.14. The van der Waals surface area contributed by atoms with Gasteiger partial charge >= 0.3 is 0 Å². The van der Waals surface area contributed by atoms with Gasteiger partial charge in [0.1, 0.15) is 5.82 Å². The molecule has 122 valence electrons. The summed E-state index contributed by atoms with van der Waals surface area (Å²) in [5.41, 5.74) is 2.05. The maximum atomic E-state index is 12.4. The molecule has 0 bridgehead atoms. The van der Waals surface area contributed by atoms with E-state index in [4.69, 9.17) is 4.74 Å². The highest BCUT2D eigenvalue weighted by atomic mass is 16.5. The predicted molar refractivity (Wildman–Crippen MR) is 88.6 cm³/mol. The van der Waals surface area contributed by atoms with Crippen LogP contribution in [0.25, 0.3) is 11.3 Å². The smallest absolute Gasteiger partial charge is 0.226 e. The van der Waals surface area contributed by atoms with Gasteiger partial charge in [-0.05, 0) is 18.4 Å². The second-order valence-corrected chi connectivity index (χ2v) is 5.99. The first kappa shape index (κ1) is 15.7. The van der Waals surface area contributed by atoms with Gasteiger partial charge in [0.15, 0.2) is 0 Å². The number of carbonyl (C=O) groups is 1. The van der Waals surface area contributed by atoms with E-state index in [2.05, 4.69) is 15.3 Å². The quantitative estimate of drug-likeness (QED) is 0.892. The second kappa shape index (κ2) is 7.42. The van der Waals surface area contributed by atoms with Gasteiger partial charge in [-0.15, -0.1) is 0 Å². The van der Waals surface area contributed by atoms with Crippen molar-refractivity contribution >= 4 is 5.91 Å². The van der Waals surface area contributed by atoms with Gasteiger partial charge in [0.2, 0.25) is 5.91 Å². The lowest BCUT2D eigenvalue weighted by Gasteiger charge is -2.29. The monoisotopic (exact) mass is 313 g/mol. The lowest BCUT2D eigenvalue weighted by atomic mass is 9.86. The van der Waals surface area contributed by atoms with Crippen molar-refractivity contribution in [3.63, 3.8) is 0 Å². The van der Waals surface area contributed by atoms with Gasteiger partial charge in [-0.3, -0.25) is 4.79 Å². The Morgan fingerprint density at radius 1 is 1.30 bits per heavy atom. The molecule has 1 fully saturated rings. The highest BCUT2D eigenvalue weighted by Gasteiger charge is 2.30. The van der Waals surface area contributed by atoms with Crippen LogP contribution in [-0.2, 0) is 16.1 Å². The molecule has 1 heterocycles. The minimum absolute atomic E-state index is 0.0419. The average Bonchev–Trinajstić information content (AvgIpc) is 3.09. The summed E-state index contributed by atoms with van der Waals surface area (Å²) in [5, 5.41) is 2.99. The Morgan fingerprint density at radius 2 is 2.09 bits per heavy atom. The Labute approximate surface area is 136 Å². The van der Waals surface area contributed by atoms with Crippen LogP contribution in [0, 0.1) is 5.92 Å². The molecule has 5 nitrogen and oxygen atoms in total. The predicted octanol–water partition coefficient (Wildman–Crippen LogP) is 2.90. The van der Waals surface area contributed by atoms with Crippen molar-refractivity contribution in [2.75, 3.05) is 7.11 Å². The van der Waals surface area contributed by atoms with E-state index in [0.29, 0.717) is 6.54 Å². The third kappa shape index (κ3) is 3.79. The van der Waals surface area contributed by atoms with E-state index < -0.39 is 0 Å². The minimum atomic E-state index is -0.0442. The van der Waals surface area contributed by atoms with E-state index in [1.807, 2.05) is 30.3 Å². The molecule has 1 aliphatic carbocycles. The largest absolute Gasteiger partial charge is 0.381 e. The summed E-state index contributed by atoms with van der Waals surface area (Å²) in [7, 11) is 1.69. The fourth-order valence-corrected chi connectivity index (χ4v) is 3.20. The molecule has 1 aromatic heterocycles. The summed E-state index contributed by atoms with van der Waals surface area (Å²) < 4.78 is 5.45. The number of rotatable bonds is 5. The maximum Gasteiger partial charge on any atom is 0.226 e. The molecule has 2 N–H and O–H groups in total. The molecule has 2 atom stereocenters. The average molecular weight is 313 g/mol. The fraction of sp³-hybridized carbons (Fsp3) is 0.444. The summed E-state index contributed by atoms with van der Waals surface area (Å²) in [6.45, 7) is 0.415. The van der Waals surface area contributed by atoms with E-state index in [9.17, 15) is 4.79 Å². The number of ether oxygens (including phenoxy) is 1. The van der Waals surface area contributed by atoms with Gasteiger partial charge in [-0.1, -0.05) is 43.2 Å². The first-order valence-corrected chi connectivity index (χ1v) is 8.17. The third-order valence-electron chi connectivity index (χ3n) is 4.49. The van der Waals surface area contributed by atoms with Crippen LogP contribution in [0.3, 0.4) is 0 Å². The molecule has 1 aliphatic rings. The maximum absolute atomic E-state index is 12.4. The van der Waals surface area contributed by atoms with Crippen LogP contribution >= 0.6 is 0 Å². The molecule has 23 heavy (non-hydrogen) atoms. The van der Waals surface area contributed by atoms with Crippen molar-refractivity contribution in [1.29, 1.82) is 0 Å². The second-order valence-electron chi connectivity index (χ2n) is 5.99. The number of nitrogens with zero attached hydrogens (tertiary/aromatic N) is 1. The third-order valence-corrected chi connectivity index (χ3v) is 4.49. The normalized spacial score (nSPS) is 21.1. The molecule has 1 saturated carbocycles. The lowest BCUT2D eigenvalue weighted by molar-refractivity contribution is -0.131. The Morgan fingerprint density at radius 3 is 2.87 bits per heavy atom. The molecule has 0 radical (unpaired) electrons. The summed E-state index contributed by atoms with van der Waals surface area (Å²) in [5.74, 6) is 0.786. The first-order valence-electron chi connectivity index (χ1n) is 8.17. The first-order chi connectivity index (χ1) is 11.3. The summed E-state index contributed by atoms with van der Waals surface area (Å²) >= 11 is 0. The van der Waals surface area contributed by atoms with Gasteiger partial charge < -0.3 is 15.0 Å². The number of nitrogens with one attached hydrogen (secondary N) is 2. The Kier molecular flexibility index (Phi) is 5.08. The number of aromatic nitrogens is 2. The van der Waals surface area contributed by atoms with Crippen LogP contribution < -0.4 is 5.32 Å². The number of hydrogen-bond acceptors (Lipinski definition) is 3. The Balaban J connectivity index is 1.58. The number of H-pyrrole nitrogens is 1. The zero-order chi connectivity index (χ0) is 16.1. The molecule has 0 aliphatic heterocycles. The topological polar surface area (TPSA) is 67.0 Å². The SMILES string of the molecule is COC1CCCCC1C(=O)NCc1ncc(-c2ccccc2)[nH]1. The van der Waals surface area contributed by atoms with Crippen LogP contribution in [0.1, 0.15) is 31.5 Å². The van der Waals surface area contributed by atoms with Gasteiger partial charge in [0.05, 0.1) is 30.5 Å². The van der Waals surface area contributed by atoms with Crippen LogP contribution in [-0.4, -0.2) is 29.1 Å². The fourth-order valence-electron chi connectivity index (χ4n) is 3.20. The highest BCUT2D eigenvalue weighted by molar-refractivity contribution is 5.79. The van der Waals surface area contributed by atoms with Gasteiger partial charge in [0.25, 0.3) is 0 Å². The van der Waals surface area contributed by atoms with Crippen molar-refractivity contribution in [3.05, 3.63) is 42.4 Å². The number of hydrogen-bond donors (Lipinski definition) is 2. The van der Waals surface area contributed by atoms with E-state index in [0.717, 1.165) is 42.8 Å². The van der Waals surface area contributed by atoms with Gasteiger partial charge in [0, 0.05) is 7.11 Å². The molecular weight excluding hydrogens is 290 g/mol. The minimum Gasteiger partial charge on any atom is -0.381 e. The van der Waals surface area contributed by atoms with Crippen molar-refractivity contribution in [3.8, 4) is 11.3 Å². The molecular formula is C18H23N3O2. The van der Waals surface area contributed by atoms with E-state index in [1.165, 1.54) is 0 Å².